The van der Waals surface area contributed by atoms with Gasteiger partial charge in [0.25, 0.3) is 0 Å². The highest BCUT2D eigenvalue weighted by atomic mass is 79.9. The van der Waals surface area contributed by atoms with Gasteiger partial charge < -0.3 is 4.74 Å². The molecule has 18 heavy (non-hydrogen) atoms. The highest BCUT2D eigenvalue weighted by Gasteiger charge is 2.29. The standard InChI is InChI=1S/C12H12BrN3OS/c1-17-10-5-8(13)4-9(6-10)16-11(7-2-3-7)14-15-12(16)18/h4-7H,2-3H2,1H3,(H,15,18). The van der Waals surface area contributed by atoms with E-state index in [0.717, 1.165) is 21.7 Å². The van der Waals surface area contributed by atoms with Crippen molar-refractivity contribution >= 4 is 28.1 Å². The van der Waals surface area contributed by atoms with Crippen molar-refractivity contribution in [2.75, 3.05) is 7.11 Å². The third kappa shape index (κ3) is 2.10. The number of halogens is 1. The average Bonchev–Trinajstić information content (AvgIpc) is 3.12. The molecule has 1 aliphatic rings. The molecule has 6 heteroatoms. The van der Waals surface area contributed by atoms with Gasteiger partial charge in [-0.1, -0.05) is 15.9 Å². The summed E-state index contributed by atoms with van der Waals surface area (Å²) in [4.78, 5) is 0. The van der Waals surface area contributed by atoms with Crippen molar-refractivity contribution in [2.24, 2.45) is 0 Å². The number of benzene rings is 1. The molecule has 94 valence electrons. The predicted molar refractivity (Wildman–Crippen MR) is 75.0 cm³/mol. The fourth-order valence-electron chi connectivity index (χ4n) is 1.97. The Bertz CT molecular complexity index is 645. The number of nitrogens with zero attached hydrogens (tertiary/aromatic N) is 2. The number of rotatable bonds is 3. The number of nitrogens with one attached hydrogen (secondary N) is 1. The molecule has 1 saturated carbocycles. The first-order valence-corrected chi connectivity index (χ1v) is 6.91. The van der Waals surface area contributed by atoms with Gasteiger partial charge in [0.15, 0.2) is 4.77 Å². The van der Waals surface area contributed by atoms with Crippen LogP contribution in [0.15, 0.2) is 22.7 Å². The Balaban J connectivity index is 2.17. The van der Waals surface area contributed by atoms with E-state index in [1.807, 2.05) is 22.8 Å². The van der Waals surface area contributed by atoms with Gasteiger partial charge in [0.2, 0.25) is 0 Å². The van der Waals surface area contributed by atoms with Crippen molar-refractivity contribution in [2.45, 2.75) is 18.8 Å². The maximum absolute atomic E-state index is 5.31. The van der Waals surface area contributed by atoms with Crippen molar-refractivity contribution in [3.63, 3.8) is 0 Å². The minimum Gasteiger partial charge on any atom is -0.497 e. The minimum absolute atomic E-state index is 0.530. The zero-order valence-corrected chi connectivity index (χ0v) is 12.2. The molecule has 1 heterocycles. The Labute approximate surface area is 118 Å². The van der Waals surface area contributed by atoms with Crippen LogP contribution in [0.4, 0.5) is 0 Å². The van der Waals surface area contributed by atoms with E-state index in [1.54, 1.807) is 7.11 Å². The Hall–Kier alpha value is -1.14. The van der Waals surface area contributed by atoms with Crippen LogP contribution in [0.25, 0.3) is 5.69 Å². The van der Waals surface area contributed by atoms with Gasteiger partial charge >= 0.3 is 0 Å². The van der Waals surface area contributed by atoms with Gasteiger partial charge in [-0.3, -0.25) is 9.67 Å². The summed E-state index contributed by atoms with van der Waals surface area (Å²) >= 11 is 8.80. The summed E-state index contributed by atoms with van der Waals surface area (Å²) in [5.41, 5.74) is 0.974. The molecule has 0 unspecified atom stereocenters. The topological polar surface area (TPSA) is 42.8 Å². The molecule has 0 radical (unpaired) electrons. The molecule has 3 rings (SSSR count). The second kappa shape index (κ2) is 4.51. The molecule has 0 bridgehead atoms. The molecule has 0 saturated heterocycles. The van der Waals surface area contributed by atoms with E-state index < -0.39 is 0 Å². The first-order chi connectivity index (χ1) is 8.69. The molecule has 4 nitrogen and oxygen atoms in total. The van der Waals surface area contributed by atoms with E-state index in [1.165, 1.54) is 12.8 Å². The van der Waals surface area contributed by atoms with Crippen molar-refractivity contribution in [3.05, 3.63) is 33.3 Å². The molecule has 2 aromatic rings. The molecule has 0 amide bonds. The summed E-state index contributed by atoms with van der Waals surface area (Å²) in [6.07, 6.45) is 2.37. The van der Waals surface area contributed by atoms with Gasteiger partial charge in [-0.2, -0.15) is 5.10 Å². The van der Waals surface area contributed by atoms with Gasteiger partial charge in [0.05, 0.1) is 12.8 Å². The van der Waals surface area contributed by atoms with Crippen molar-refractivity contribution in [3.8, 4) is 11.4 Å². The lowest BCUT2D eigenvalue weighted by atomic mass is 10.3. The van der Waals surface area contributed by atoms with Crippen molar-refractivity contribution in [1.29, 1.82) is 0 Å². The van der Waals surface area contributed by atoms with E-state index >= 15 is 0 Å². The fourth-order valence-corrected chi connectivity index (χ4v) is 2.67. The zero-order chi connectivity index (χ0) is 12.7. The molecule has 1 N–H and O–H groups in total. The second-order valence-electron chi connectivity index (χ2n) is 4.35. The first kappa shape index (κ1) is 11.9. The predicted octanol–water partition coefficient (Wildman–Crippen LogP) is 3.58. The van der Waals surface area contributed by atoms with Crippen LogP contribution in [0.3, 0.4) is 0 Å². The molecule has 1 aromatic heterocycles. The maximum Gasteiger partial charge on any atom is 0.199 e. The number of aromatic amines is 1. The summed E-state index contributed by atoms with van der Waals surface area (Å²) in [6, 6.07) is 5.89. The van der Waals surface area contributed by atoms with Gasteiger partial charge in [-0.15, -0.1) is 0 Å². The lowest BCUT2D eigenvalue weighted by molar-refractivity contribution is 0.414. The van der Waals surface area contributed by atoms with Crippen LogP contribution in [0.2, 0.25) is 0 Å². The van der Waals surface area contributed by atoms with Crippen LogP contribution in [-0.2, 0) is 0 Å². The lowest BCUT2D eigenvalue weighted by Crippen LogP contribution is -2.00. The van der Waals surface area contributed by atoms with Gasteiger partial charge in [-0.05, 0) is 37.2 Å². The number of hydrogen-bond acceptors (Lipinski definition) is 3. The van der Waals surface area contributed by atoms with Crippen LogP contribution in [-0.4, -0.2) is 21.9 Å². The number of ether oxygens (including phenoxy) is 1. The van der Waals surface area contributed by atoms with E-state index in [2.05, 4.69) is 26.1 Å². The normalized spacial score (nSPS) is 14.8. The van der Waals surface area contributed by atoms with Crippen LogP contribution >= 0.6 is 28.1 Å². The SMILES string of the molecule is COc1cc(Br)cc(-n2c(C3CC3)n[nH]c2=S)c1. The highest BCUT2D eigenvalue weighted by Crippen LogP contribution is 2.40. The van der Waals surface area contributed by atoms with Crippen LogP contribution < -0.4 is 4.74 Å². The fraction of sp³-hybridized carbons (Fsp3) is 0.333. The molecule has 1 aliphatic carbocycles. The van der Waals surface area contributed by atoms with Gasteiger partial charge in [-0.25, -0.2) is 0 Å². The highest BCUT2D eigenvalue weighted by molar-refractivity contribution is 9.10. The van der Waals surface area contributed by atoms with Crippen LogP contribution in [0.5, 0.6) is 5.75 Å². The molecule has 1 fully saturated rings. The van der Waals surface area contributed by atoms with Crippen molar-refractivity contribution < 1.29 is 4.74 Å². The number of H-pyrrole nitrogens is 1. The van der Waals surface area contributed by atoms with Crippen LogP contribution in [0, 0.1) is 4.77 Å². The van der Waals surface area contributed by atoms with Gasteiger partial charge in [0, 0.05) is 16.5 Å². The van der Waals surface area contributed by atoms with Crippen LogP contribution in [0.1, 0.15) is 24.6 Å². The zero-order valence-electron chi connectivity index (χ0n) is 9.81. The third-order valence-corrected chi connectivity index (χ3v) is 3.72. The summed E-state index contributed by atoms with van der Waals surface area (Å²) in [5, 5.41) is 7.20. The largest absolute Gasteiger partial charge is 0.497 e. The molecule has 0 spiro atoms. The Morgan fingerprint density at radius 3 is 2.89 bits per heavy atom. The summed E-state index contributed by atoms with van der Waals surface area (Å²) in [5.74, 6) is 2.34. The molecular formula is C12H12BrN3OS. The Morgan fingerprint density at radius 2 is 2.22 bits per heavy atom. The van der Waals surface area contributed by atoms with E-state index in [0.29, 0.717) is 10.7 Å². The average molecular weight is 326 g/mol. The molecular weight excluding hydrogens is 314 g/mol. The quantitative estimate of drug-likeness (QED) is 0.877. The lowest BCUT2D eigenvalue weighted by Gasteiger charge is -2.09. The van der Waals surface area contributed by atoms with E-state index in [9.17, 15) is 0 Å². The van der Waals surface area contributed by atoms with Gasteiger partial charge in [0.1, 0.15) is 11.6 Å². The molecule has 0 aliphatic heterocycles. The van der Waals surface area contributed by atoms with E-state index in [4.69, 9.17) is 17.0 Å². The first-order valence-electron chi connectivity index (χ1n) is 5.71. The smallest absolute Gasteiger partial charge is 0.199 e. The third-order valence-electron chi connectivity index (χ3n) is 2.99. The van der Waals surface area contributed by atoms with Crippen molar-refractivity contribution in [1.82, 2.24) is 14.8 Å². The number of methoxy groups -OCH3 is 1. The molecule has 0 atom stereocenters. The number of hydrogen-bond donors (Lipinski definition) is 1. The maximum atomic E-state index is 5.31. The summed E-state index contributed by atoms with van der Waals surface area (Å²) < 4.78 is 8.85. The Kier molecular flexibility index (Phi) is 2.99. The number of aromatic nitrogens is 3. The summed E-state index contributed by atoms with van der Waals surface area (Å²) in [7, 11) is 1.65. The second-order valence-corrected chi connectivity index (χ2v) is 5.65. The molecule has 1 aromatic carbocycles. The minimum atomic E-state index is 0.530. The summed E-state index contributed by atoms with van der Waals surface area (Å²) in [6.45, 7) is 0. The monoisotopic (exact) mass is 325 g/mol. The van der Waals surface area contributed by atoms with E-state index in [-0.39, 0.29) is 0 Å². The Morgan fingerprint density at radius 1 is 1.44 bits per heavy atom.